The first-order chi connectivity index (χ1) is 12.0. The molecule has 1 atom stereocenters. The van der Waals surface area contributed by atoms with Crippen LogP contribution in [0.2, 0.25) is 0 Å². The molecule has 0 saturated heterocycles. The first-order valence-corrected chi connectivity index (χ1v) is 8.05. The van der Waals surface area contributed by atoms with Crippen LogP contribution in [0.5, 0.6) is 5.75 Å². The van der Waals surface area contributed by atoms with Crippen molar-refractivity contribution in [2.75, 3.05) is 14.2 Å². The third-order valence-corrected chi connectivity index (χ3v) is 4.72. The number of rotatable bonds is 4. The summed E-state index contributed by atoms with van der Waals surface area (Å²) < 4.78 is 40.5. The van der Waals surface area contributed by atoms with Crippen LogP contribution in [0.1, 0.15) is 18.9 Å². The van der Waals surface area contributed by atoms with Gasteiger partial charge in [0.05, 0.1) is 19.6 Å². The van der Waals surface area contributed by atoms with Crippen LogP contribution in [-0.2, 0) is 10.2 Å². The lowest BCUT2D eigenvalue weighted by Crippen LogP contribution is -2.28. The molecule has 0 radical (unpaired) electrons. The first-order valence-electron chi connectivity index (χ1n) is 8.05. The van der Waals surface area contributed by atoms with Crippen LogP contribution in [0.25, 0.3) is 11.1 Å². The van der Waals surface area contributed by atoms with Crippen LogP contribution in [0, 0.1) is 11.6 Å². The summed E-state index contributed by atoms with van der Waals surface area (Å²) in [6.07, 6.45) is 6.11. The molecule has 1 aliphatic rings. The highest BCUT2D eigenvalue weighted by atomic mass is 19.1. The van der Waals surface area contributed by atoms with Crippen molar-refractivity contribution in [3.05, 3.63) is 77.6 Å². The molecule has 25 heavy (non-hydrogen) atoms. The van der Waals surface area contributed by atoms with Gasteiger partial charge in [-0.2, -0.15) is 0 Å². The molecule has 0 heterocycles. The monoisotopic (exact) mass is 342 g/mol. The van der Waals surface area contributed by atoms with Crippen LogP contribution in [0.4, 0.5) is 8.78 Å². The third kappa shape index (κ3) is 2.93. The molecule has 0 N–H and O–H groups in total. The molecular weight excluding hydrogens is 322 g/mol. The van der Waals surface area contributed by atoms with Crippen LogP contribution >= 0.6 is 0 Å². The Bertz CT molecular complexity index is 855. The zero-order valence-corrected chi connectivity index (χ0v) is 14.5. The van der Waals surface area contributed by atoms with E-state index in [9.17, 15) is 8.78 Å². The lowest BCUT2D eigenvalue weighted by molar-refractivity contribution is 0.222. The molecule has 4 heteroatoms. The van der Waals surface area contributed by atoms with Gasteiger partial charge in [-0.25, -0.2) is 8.78 Å². The number of hydrogen-bond donors (Lipinski definition) is 0. The fourth-order valence-corrected chi connectivity index (χ4v) is 3.32. The Morgan fingerprint density at radius 2 is 1.72 bits per heavy atom. The molecule has 0 amide bonds. The highest BCUT2D eigenvalue weighted by Crippen LogP contribution is 2.42. The van der Waals surface area contributed by atoms with Crippen molar-refractivity contribution in [3.63, 3.8) is 0 Å². The lowest BCUT2D eigenvalue weighted by Gasteiger charge is -2.33. The zero-order valence-electron chi connectivity index (χ0n) is 14.5. The summed E-state index contributed by atoms with van der Waals surface area (Å²) in [5, 5.41) is 0. The lowest BCUT2D eigenvalue weighted by atomic mass is 9.75. The zero-order chi connectivity index (χ0) is 18.0. The summed E-state index contributed by atoms with van der Waals surface area (Å²) in [6, 6.07) is 9.49. The van der Waals surface area contributed by atoms with Crippen molar-refractivity contribution in [1.82, 2.24) is 0 Å². The summed E-state index contributed by atoms with van der Waals surface area (Å²) in [6.45, 7) is 1.85. The second-order valence-corrected chi connectivity index (χ2v) is 6.21. The summed E-state index contributed by atoms with van der Waals surface area (Å²) in [5.74, 6) is 0.145. The molecular formula is C21H20F2O2. The predicted molar refractivity (Wildman–Crippen MR) is 94.5 cm³/mol. The molecule has 0 aromatic heterocycles. The highest BCUT2D eigenvalue weighted by Gasteiger charge is 2.36. The first kappa shape index (κ1) is 17.2. The average Bonchev–Trinajstić information content (AvgIpc) is 2.63. The Kier molecular flexibility index (Phi) is 4.62. The maximum absolute atomic E-state index is 15.0. The molecule has 3 rings (SSSR count). The van der Waals surface area contributed by atoms with Gasteiger partial charge in [-0.05, 0) is 37.6 Å². The molecule has 1 aliphatic carbocycles. The summed E-state index contributed by atoms with van der Waals surface area (Å²) in [4.78, 5) is 0. The van der Waals surface area contributed by atoms with Gasteiger partial charge < -0.3 is 9.47 Å². The van der Waals surface area contributed by atoms with Crippen molar-refractivity contribution in [2.45, 2.75) is 18.8 Å². The molecule has 2 nitrogen and oxygen atoms in total. The van der Waals surface area contributed by atoms with Gasteiger partial charge in [-0.3, -0.25) is 0 Å². The predicted octanol–water partition coefficient (Wildman–Crippen LogP) is 5.39. The van der Waals surface area contributed by atoms with Crippen molar-refractivity contribution in [1.29, 1.82) is 0 Å². The van der Waals surface area contributed by atoms with E-state index >= 15 is 0 Å². The number of halogens is 2. The van der Waals surface area contributed by atoms with E-state index in [1.165, 1.54) is 19.2 Å². The molecule has 2 aromatic carbocycles. The number of ether oxygens (including phenoxy) is 2. The fourth-order valence-electron chi connectivity index (χ4n) is 3.32. The van der Waals surface area contributed by atoms with E-state index in [0.717, 1.165) is 0 Å². The van der Waals surface area contributed by atoms with Gasteiger partial charge in [0.1, 0.15) is 23.1 Å². The normalized spacial score (nSPS) is 19.5. The minimum absolute atomic E-state index is 0.177. The minimum Gasteiger partial charge on any atom is -0.500 e. The smallest absolute Gasteiger partial charge is 0.131 e. The van der Waals surface area contributed by atoms with E-state index in [0.29, 0.717) is 23.5 Å². The second-order valence-electron chi connectivity index (χ2n) is 6.21. The number of para-hydroxylation sites is 1. The van der Waals surface area contributed by atoms with Crippen molar-refractivity contribution in [2.24, 2.45) is 0 Å². The van der Waals surface area contributed by atoms with Gasteiger partial charge >= 0.3 is 0 Å². The second kappa shape index (κ2) is 6.71. The van der Waals surface area contributed by atoms with Gasteiger partial charge in [0, 0.05) is 16.7 Å². The summed E-state index contributed by atoms with van der Waals surface area (Å²) in [7, 11) is 3.05. The summed E-state index contributed by atoms with van der Waals surface area (Å²) >= 11 is 0. The molecule has 1 unspecified atom stereocenters. The van der Waals surface area contributed by atoms with Crippen LogP contribution < -0.4 is 4.74 Å². The van der Waals surface area contributed by atoms with Crippen LogP contribution in [0.15, 0.2) is 60.4 Å². The molecule has 2 aromatic rings. The SMILES string of the molecule is COC1=CC=CCC1(C)c1cc(F)c(-c2ccccc2OC)cc1F. The Hall–Kier alpha value is -2.62. The quantitative estimate of drug-likeness (QED) is 0.742. The molecule has 0 spiro atoms. The number of methoxy groups -OCH3 is 2. The largest absolute Gasteiger partial charge is 0.500 e. The minimum atomic E-state index is -0.742. The van der Waals surface area contributed by atoms with Crippen molar-refractivity contribution >= 4 is 0 Å². The van der Waals surface area contributed by atoms with Gasteiger partial charge in [0.2, 0.25) is 0 Å². The standard InChI is InChI=1S/C21H20F2O2/c1-21(11-7-6-10-20(21)25-3)16-13-17(22)15(12-18(16)23)14-8-4-5-9-19(14)24-2/h4-10,12-13H,11H2,1-3H3. The Balaban J connectivity index is 2.13. The van der Waals surface area contributed by atoms with Crippen molar-refractivity contribution < 1.29 is 18.3 Å². The van der Waals surface area contributed by atoms with E-state index < -0.39 is 17.0 Å². The van der Waals surface area contributed by atoms with Crippen LogP contribution in [-0.4, -0.2) is 14.2 Å². The maximum atomic E-state index is 15.0. The van der Waals surface area contributed by atoms with Gasteiger partial charge in [-0.15, -0.1) is 0 Å². The van der Waals surface area contributed by atoms with E-state index in [1.807, 2.05) is 19.1 Å². The highest BCUT2D eigenvalue weighted by molar-refractivity contribution is 5.71. The van der Waals surface area contributed by atoms with Gasteiger partial charge in [0.15, 0.2) is 0 Å². The Morgan fingerprint density at radius 3 is 2.44 bits per heavy atom. The molecule has 0 fully saturated rings. The van der Waals surface area contributed by atoms with Crippen molar-refractivity contribution in [3.8, 4) is 16.9 Å². The average molecular weight is 342 g/mol. The van der Waals surface area contributed by atoms with E-state index in [-0.39, 0.29) is 11.1 Å². The molecule has 130 valence electrons. The van der Waals surface area contributed by atoms with E-state index in [1.54, 1.807) is 37.5 Å². The number of benzene rings is 2. The van der Waals surface area contributed by atoms with Crippen LogP contribution in [0.3, 0.4) is 0 Å². The topological polar surface area (TPSA) is 18.5 Å². The third-order valence-electron chi connectivity index (χ3n) is 4.72. The van der Waals surface area contributed by atoms with Gasteiger partial charge in [0.25, 0.3) is 0 Å². The molecule has 0 saturated carbocycles. The maximum Gasteiger partial charge on any atom is 0.131 e. The summed E-state index contributed by atoms with van der Waals surface area (Å²) in [5.41, 5.74) is 0.232. The van der Waals surface area contributed by atoms with E-state index in [4.69, 9.17) is 9.47 Å². The fraction of sp³-hybridized carbons (Fsp3) is 0.238. The Labute approximate surface area is 146 Å². The Morgan fingerprint density at radius 1 is 0.960 bits per heavy atom. The number of hydrogen-bond acceptors (Lipinski definition) is 2. The van der Waals surface area contributed by atoms with E-state index in [2.05, 4.69) is 0 Å². The van der Waals surface area contributed by atoms with Gasteiger partial charge in [-0.1, -0.05) is 30.4 Å². The molecule has 0 bridgehead atoms. The number of allylic oxidation sites excluding steroid dienone is 4. The molecule has 0 aliphatic heterocycles.